The Bertz CT molecular complexity index is 1030. The second-order valence-corrected chi connectivity index (χ2v) is 7.46. The van der Waals surface area contributed by atoms with Crippen LogP contribution in [0, 0.1) is 0 Å². The van der Waals surface area contributed by atoms with Gasteiger partial charge in [-0.1, -0.05) is 29.3 Å². The number of hydrogen-bond acceptors (Lipinski definition) is 5. The molecule has 2 N–H and O–H groups in total. The molecule has 0 saturated carbocycles. The molecule has 0 aliphatic heterocycles. The van der Waals surface area contributed by atoms with Crippen LogP contribution in [0.25, 0.3) is 0 Å². The van der Waals surface area contributed by atoms with E-state index in [-0.39, 0.29) is 18.2 Å². The summed E-state index contributed by atoms with van der Waals surface area (Å²) in [6.45, 7) is 2.06. The van der Waals surface area contributed by atoms with Crippen LogP contribution in [0.2, 0.25) is 10.0 Å². The van der Waals surface area contributed by atoms with E-state index in [0.717, 1.165) is 0 Å². The van der Waals surface area contributed by atoms with Gasteiger partial charge in [-0.15, -0.1) is 0 Å². The maximum atomic E-state index is 12.3. The van der Waals surface area contributed by atoms with Crippen molar-refractivity contribution in [2.75, 3.05) is 17.2 Å². The zero-order valence-corrected chi connectivity index (χ0v) is 18.2. The van der Waals surface area contributed by atoms with Crippen molar-refractivity contribution in [3.8, 4) is 5.75 Å². The van der Waals surface area contributed by atoms with Crippen molar-refractivity contribution in [3.63, 3.8) is 0 Å². The van der Waals surface area contributed by atoms with Crippen LogP contribution in [0.5, 0.6) is 5.75 Å². The molecule has 0 spiro atoms. The molecule has 2 aromatic carbocycles. The van der Waals surface area contributed by atoms with E-state index in [1.807, 2.05) is 0 Å². The lowest BCUT2D eigenvalue weighted by Gasteiger charge is -2.12. The van der Waals surface area contributed by atoms with Gasteiger partial charge in [0, 0.05) is 17.8 Å². The Morgan fingerprint density at radius 1 is 1.10 bits per heavy atom. The minimum atomic E-state index is -0.495. The van der Waals surface area contributed by atoms with Crippen LogP contribution in [0.1, 0.15) is 25.8 Å². The van der Waals surface area contributed by atoms with Crippen molar-refractivity contribution in [1.82, 2.24) is 14.8 Å². The number of ether oxygens (including phenoxy) is 1. The molecule has 1 heterocycles. The Kier molecular flexibility index (Phi) is 7.86. The smallest absolute Gasteiger partial charge is 0.249 e. The van der Waals surface area contributed by atoms with E-state index in [0.29, 0.717) is 40.2 Å². The highest BCUT2D eigenvalue weighted by molar-refractivity contribution is 6.42. The van der Waals surface area contributed by atoms with E-state index in [9.17, 15) is 9.59 Å². The van der Waals surface area contributed by atoms with Crippen LogP contribution in [0.15, 0.2) is 55.1 Å². The summed E-state index contributed by atoms with van der Waals surface area (Å²) in [5, 5.41) is 10.3. The Labute approximate surface area is 189 Å². The van der Waals surface area contributed by atoms with E-state index < -0.39 is 6.04 Å². The fourth-order valence-corrected chi connectivity index (χ4v) is 3.00. The lowest BCUT2D eigenvalue weighted by atomic mass is 10.2. The van der Waals surface area contributed by atoms with Gasteiger partial charge < -0.3 is 15.4 Å². The first-order valence-corrected chi connectivity index (χ1v) is 10.3. The molecule has 10 heteroatoms. The number of anilines is 2. The van der Waals surface area contributed by atoms with Crippen molar-refractivity contribution < 1.29 is 14.3 Å². The predicted molar refractivity (Wildman–Crippen MR) is 120 cm³/mol. The standard InChI is InChI=1S/C21H21Cl2N5O3/c1-14(28-13-24-12-25-28)21(30)27-16-9-7-15(8-10-16)26-19(29)6-3-11-31-18-5-2-4-17(22)20(18)23/h2,4-5,7-10,12-14H,3,6,11H2,1H3,(H,26,29)(H,27,30). The molecule has 0 aliphatic carbocycles. The molecule has 1 unspecified atom stereocenters. The Hall–Kier alpha value is -3.10. The molecular formula is C21H21Cl2N5O3. The topological polar surface area (TPSA) is 98.1 Å². The normalized spacial score (nSPS) is 11.6. The average molecular weight is 462 g/mol. The number of benzene rings is 2. The van der Waals surface area contributed by atoms with Gasteiger partial charge in [0.2, 0.25) is 11.8 Å². The van der Waals surface area contributed by atoms with Crippen molar-refractivity contribution >= 4 is 46.4 Å². The third kappa shape index (κ3) is 6.44. The zero-order valence-electron chi connectivity index (χ0n) is 16.7. The summed E-state index contributed by atoms with van der Waals surface area (Å²) in [7, 11) is 0. The summed E-state index contributed by atoms with van der Waals surface area (Å²) in [6, 6.07) is 11.5. The minimum Gasteiger partial charge on any atom is -0.492 e. The Morgan fingerprint density at radius 3 is 2.48 bits per heavy atom. The first kappa shape index (κ1) is 22.6. The average Bonchev–Trinajstić information content (AvgIpc) is 3.30. The molecule has 0 saturated heterocycles. The second-order valence-electron chi connectivity index (χ2n) is 6.67. The van der Waals surface area contributed by atoms with E-state index >= 15 is 0 Å². The van der Waals surface area contributed by atoms with E-state index in [2.05, 4.69) is 20.7 Å². The number of carbonyl (C=O) groups is 2. The summed E-state index contributed by atoms with van der Waals surface area (Å²) in [4.78, 5) is 28.2. The number of nitrogens with one attached hydrogen (secondary N) is 2. The Balaban J connectivity index is 1.41. The van der Waals surface area contributed by atoms with E-state index in [4.69, 9.17) is 27.9 Å². The molecular weight excluding hydrogens is 441 g/mol. The van der Waals surface area contributed by atoms with Crippen LogP contribution in [0.4, 0.5) is 11.4 Å². The van der Waals surface area contributed by atoms with E-state index in [1.54, 1.807) is 49.4 Å². The van der Waals surface area contributed by atoms with Crippen molar-refractivity contribution in [2.45, 2.75) is 25.8 Å². The highest BCUT2D eigenvalue weighted by Gasteiger charge is 2.15. The van der Waals surface area contributed by atoms with E-state index in [1.165, 1.54) is 17.3 Å². The summed E-state index contributed by atoms with van der Waals surface area (Å²) < 4.78 is 7.04. The molecule has 1 atom stereocenters. The number of aromatic nitrogens is 3. The molecule has 0 radical (unpaired) electrons. The minimum absolute atomic E-state index is 0.141. The molecule has 31 heavy (non-hydrogen) atoms. The SMILES string of the molecule is CC(C(=O)Nc1ccc(NC(=O)CCCOc2cccc(Cl)c2Cl)cc1)n1cncn1. The zero-order chi connectivity index (χ0) is 22.2. The van der Waals surface area contributed by atoms with Gasteiger partial charge in [0.05, 0.1) is 11.6 Å². The van der Waals surface area contributed by atoms with Crippen LogP contribution in [0.3, 0.4) is 0 Å². The van der Waals surface area contributed by atoms with Gasteiger partial charge in [-0.3, -0.25) is 9.59 Å². The first-order chi connectivity index (χ1) is 14.9. The summed E-state index contributed by atoms with van der Waals surface area (Å²) in [6.07, 6.45) is 3.66. The molecule has 162 valence electrons. The summed E-state index contributed by atoms with van der Waals surface area (Å²) >= 11 is 12.0. The lowest BCUT2D eigenvalue weighted by Crippen LogP contribution is -2.24. The monoisotopic (exact) mass is 461 g/mol. The van der Waals surface area contributed by atoms with Gasteiger partial charge in [-0.2, -0.15) is 5.10 Å². The fourth-order valence-electron chi connectivity index (χ4n) is 2.65. The third-order valence-electron chi connectivity index (χ3n) is 4.37. The summed E-state index contributed by atoms with van der Waals surface area (Å²) in [5.41, 5.74) is 1.24. The number of rotatable bonds is 9. The molecule has 0 bridgehead atoms. The van der Waals surface area contributed by atoms with Gasteiger partial charge in [0.25, 0.3) is 0 Å². The number of carbonyl (C=O) groups excluding carboxylic acids is 2. The maximum Gasteiger partial charge on any atom is 0.249 e. The van der Waals surface area contributed by atoms with Gasteiger partial charge in [-0.25, -0.2) is 9.67 Å². The van der Waals surface area contributed by atoms with Crippen molar-refractivity contribution in [3.05, 3.63) is 65.2 Å². The first-order valence-electron chi connectivity index (χ1n) is 9.55. The van der Waals surface area contributed by atoms with Crippen molar-refractivity contribution in [2.24, 2.45) is 0 Å². The second kappa shape index (κ2) is 10.8. The Morgan fingerprint density at radius 2 is 1.81 bits per heavy atom. The van der Waals surface area contributed by atoms with Crippen LogP contribution in [-0.2, 0) is 9.59 Å². The fraction of sp³-hybridized carbons (Fsp3) is 0.238. The molecule has 2 amide bonds. The maximum absolute atomic E-state index is 12.3. The molecule has 3 rings (SSSR count). The van der Waals surface area contributed by atoms with Gasteiger partial charge in [0.15, 0.2) is 0 Å². The number of amides is 2. The summed E-state index contributed by atoms with van der Waals surface area (Å²) in [5.74, 6) is 0.129. The highest BCUT2D eigenvalue weighted by Crippen LogP contribution is 2.31. The quantitative estimate of drug-likeness (QED) is 0.454. The number of nitrogens with zero attached hydrogens (tertiary/aromatic N) is 3. The molecule has 0 fully saturated rings. The van der Waals surface area contributed by atoms with Crippen molar-refractivity contribution in [1.29, 1.82) is 0 Å². The molecule has 8 nitrogen and oxygen atoms in total. The third-order valence-corrected chi connectivity index (χ3v) is 5.17. The number of halogens is 2. The van der Waals surface area contributed by atoms with Gasteiger partial charge in [-0.05, 0) is 49.7 Å². The molecule has 3 aromatic rings. The van der Waals surface area contributed by atoms with Gasteiger partial charge in [0.1, 0.15) is 29.5 Å². The molecule has 0 aliphatic rings. The molecule has 1 aromatic heterocycles. The van der Waals surface area contributed by atoms with Gasteiger partial charge >= 0.3 is 0 Å². The largest absolute Gasteiger partial charge is 0.492 e. The lowest BCUT2D eigenvalue weighted by molar-refractivity contribution is -0.119. The van der Waals surface area contributed by atoms with Crippen LogP contribution < -0.4 is 15.4 Å². The highest BCUT2D eigenvalue weighted by atomic mass is 35.5. The van der Waals surface area contributed by atoms with Crippen LogP contribution in [-0.4, -0.2) is 33.2 Å². The number of hydrogen-bond donors (Lipinski definition) is 2. The predicted octanol–water partition coefficient (Wildman–Crippen LogP) is 4.58. The van der Waals surface area contributed by atoms with Crippen LogP contribution >= 0.6 is 23.2 Å².